The largest absolute Gasteiger partial charge is 0.332 e. The molecule has 5 heteroatoms. The van der Waals surface area contributed by atoms with Crippen molar-refractivity contribution in [3.63, 3.8) is 0 Å². The molecular weight excluding hydrogens is 350 g/mol. The van der Waals surface area contributed by atoms with E-state index < -0.39 is 0 Å². The molecule has 4 rings (SSSR count). The Balaban J connectivity index is 1.46. The zero-order valence-electron chi connectivity index (χ0n) is 15.4. The van der Waals surface area contributed by atoms with E-state index in [1.54, 1.807) is 42.6 Å². The lowest BCUT2D eigenvalue weighted by Crippen LogP contribution is -2.30. The molecule has 1 N–H and O–H groups in total. The molecule has 5 nitrogen and oxygen atoms in total. The van der Waals surface area contributed by atoms with Crippen LogP contribution in [0.2, 0.25) is 0 Å². The number of likely N-dealkylation sites (tertiary alicyclic amines) is 1. The van der Waals surface area contributed by atoms with Crippen LogP contribution in [0.5, 0.6) is 0 Å². The van der Waals surface area contributed by atoms with Gasteiger partial charge in [0.2, 0.25) is 0 Å². The van der Waals surface area contributed by atoms with Gasteiger partial charge in [-0.25, -0.2) is 0 Å². The second-order valence-corrected chi connectivity index (χ2v) is 6.84. The summed E-state index contributed by atoms with van der Waals surface area (Å²) in [4.78, 5) is 31.3. The molecule has 140 valence electrons. The number of amides is 2. The van der Waals surface area contributed by atoms with E-state index in [1.165, 1.54) is 0 Å². The van der Waals surface area contributed by atoms with Gasteiger partial charge in [0.1, 0.15) is 0 Å². The lowest BCUT2D eigenvalue weighted by atomic mass is 10.1. The Bertz CT molecular complexity index is 956. The van der Waals surface area contributed by atoms with Crippen LogP contribution in [0, 0.1) is 0 Å². The fourth-order valence-electron chi connectivity index (χ4n) is 3.58. The van der Waals surface area contributed by atoms with Gasteiger partial charge < -0.3 is 10.2 Å². The van der Waals surface area contributed by atoms with E-state index in [0.717, 1.165) is 24.9 Å². The molecule has 28 heavy (non-hydrogen) atoms. The Morgan fingerprint density at radius 3 is 2.43 bits per heavy atom. The van der Waals surface area contributed by atoms with Crippen molar-refractivity contribution in [1.29, 1.82) is 0 Å². The van der Waals surface area contributed by atoms with E-state index in [1.807, 2.05) is 41.4 Å². The van der Waals surface area contributed by atoms with Crippen LogP contribution in [0.1, 0.15) is 45.2 Å². The highest BCUT2D eigenvalue weighted by Gasteiger charge is 2.30. The molecule has 0 spiro atoms. The number of nitrogens with zero attached hydrogens (tertiary/aromatic N) is 2. The first-order chi connectivity index (χ1) is 13.7. The predicted molar refractivity (Wildman–Crippen MR) is 108 cm³/mol. The van der Waals surface area contributed by atoms with Gasteiger partial charge in [-0.3, -0.25) is 14.6 Å². The van der Waals surface area contributed by atoms with Crippen molar-refractivity contribution in [3.05, 3.63) is 95.8 Å². The molecule has 2 aromatic carbocycles. The number of aromatic nitrogens is 1. The molecule has 1 atom stereocenters. The smallest absolute Gasteiger partial charge is 0.255 e. The van der Waals surface area contributed by atoms with Crippen molar-refractivity contribution < 1.29 is 9.59 Å². The highest BCUT2D eigenvalue weighted by molar-refractivity contribution is 6.04. The summed E-state index contributed by atoms with van der Waals surface area (Å²) in [6.07, 6.45) is 5.50. The average molecular weight is 371 g/mol. The third-order valence-corrected chi connectivity index (χ3v) is 5.01. The van der Waals surface area contributed by atoms with E-state index >= 15 is 0 Å². The topological polar surface area (TPSA) is 62.3 Å². The predicted octanol–water partition coefficient (Wildman–Crippen LogP) is 4.31. The number of nitrogens with one attached hydrogen (secondary N) is 1. The lowest BCUT2D eigenvalue weighted by Gasteiger charge is -2.25. The molecule has 0 bridgehead atoms. The van der Waals surface area contributed by atoms with E-state index in [9.17, 15) is 9.59 Å². The summed E-state index contributed by atoms with van der Waals surface area (Å²) in [6, 6.07) is 20.1. The molecule has 0 aliphatic carbocycles. The first-order valence-corrected chi connectivity index (χ1v) is 9.40. The highest BCUT2D eigenvalue weighted by Crippen LogP contribution is 2.32. The molecule has 1 aromatic heterocycles. The van der Waals surface area contributed by atoms with Crippen molar-refractivity contribution in [2.75, 3.05) is 11.9 Å². The minimum absolute atomic E-state index is 0.00675. The Morgan fingerprint density at radius 2 is 1.71 bits per heavy atom. The summed E-state index contributed by atoms with van der Waals surface area (Å²) in [5.74, 6) is -0.164. The van der Waals surface area contributed by atoms with Gasteiger partial charge in [-0.1, -0.05) is 24.3 Å². The van der Waals surface area contributed by atoms with Crippen molar-refractivity contribution in [3.8, 4) is 0 Å². The molecule has 2 heterocycles. The molecule has 1 saturated heterocycles. The van der Waals surface area contributed by atoms with Crippen molar-refractivity contribution in [2.24, 2.45) is 0 Å². The molecule has 1 fully saturated rings. The van der Waals surface area contributed by atoms with E-state index in [4.69, 9.17) is 0 Å². The van der Waals surface area contributed by atoms with Crippen LogP contribution in [0.3, 0.4) is 0 Å². The second-order valence-electron chi connectivity index (χ2n) is 6.84. The molecule has 1 aliphatic heterocycles. The normalized spacial score (nSPS) is 16.0. The lowest BCUT2D eigenvalue weighted by molar-refractivity contribution is 0.0735. The molecular formula is C23H21N3O2. The van der Waals surface area contributed by atoms with Crippen LogP contribution in [0.15, 0.2) is 79.1 Å². The zero-order chi connectivity index (χ0) is 19.3. The van der Waals surface area contributed by atoms with Crippen LogP contribution in [0.4, 0.5) is 5.69 Å². The van der Waals surface area contributed by atoms with Gasteiger partial charge in [0, 0.05) is 35.8 Å². The maximum Gasteiger partial charge on any atom is 0.255 e. The minimum atomic E-state index is -0.170. The fraction of sp³-hybridized carbons (Fsp3) is 0.174. The molecule has 2 amide bonds. The van der Waals surface area contributed by atoms with Gasteiger partial charge in [-0.2, -0.15) is 0 Å². The van der Waals surface area contributed by atoms with Crippen LogP contribution >= 0.6 is 0 Å². The monoisotopic (exact) mass is 371 g/mol. The van der Waals surface area contributed by atoms with Gasteiger partial charge in [0.25, 0.3) is 11.8 Å². The molecule has 0 radical (unpaired) electrons. The van der Waals surface area contributed by atoms with Gasteiger partial charge in [0.05, 0.1) is 6.04 Å². The second kappa shape index (κ2) is 8.05. The van der Waals surface area contributed by atoms with Crippen LogP contribution in [0.25, 0.3) is 0 Å². The molecule has 1 aliphatic rings. The Kier molecular flexibility index (Phi) is 5.15. The van der Waals surface area contributed by atoms with Crippen molar-refractivity contribution in [1.82, 2.24) is 9.88 Å². The summed E-state index contributed by atoms with van der Waals surface area (Å²) < 4.78 is 0. The number of rotatable bonds is 4. The number of hydrogen-bond donors (Lipinski definition) is 1. The summed E-state index contributed by atoms with van der Waals surface area (Å²) >= 11 is 0. The molecule has 0 saturated carbocycles. The quantitative estimate of drug-likeness (QED) is 0.743. The summed E-state index contributed by atoms with van der Waals surface area (Å²) in [5.41, 5.74) is 2.95. The Hall–Kier alpha value is -3.47. The minimum Gasteiger partial charge on any atom is -0.332 e. The van der Waals surface area contributed by atoms with Crippen LogP contribution < -0.4 is 5.32 Å². The first-order valence-electron chi connectivity index (χ1n) is 9.40. The van der Waals surface area contributed by atoms with Crippen molar-refractivity contribution >= 4 is 17.5 Å². The van der Waals surface area contributed by atoms with E-state index in [-0.39, 0.29) is 17.9 Å². The van der Waals surface area contributed by atoms with Gasteiger partial charge >= 0.3 is 0 Å². The molecule has 0 unspecified atom stereocenters. The SMILES string of the molecule is O=C(Nc1ccc(C(=O)N2CCC[C@@H]2c2cccnc2)cc1)c1ccccc1. The van der Waals surface area contributed by atoms with Gasteiger partial charge in [0.15, 0.2) is 0 Å². The Labute approximate surface area is 164 Å². The van der Waals surface area contributed by atoms with Crippen LogP contribution in [-0.2, 0) is 0 Å². The molecule has 3 aromatic rings. The number of carbonyl (C=O) groups is 2. The third kappa shape index (κ3) is 3.78. The summed E-state index contributed by atoms with van der Waals surface area (Å²) in [7, 11) is 0. The zero-order valence-corrected chi connectivity index (χ0v) is 15.4. The fourth-order valence-corrected chi connectivity index (χ4v) is 3.58. The standard InChI is InChI=1S/C23H21N3O2/c27-22(17-6-2-1-3-7-17)25-20-12-10-18(11-13-20)23(28)26-15-5-9-21(26)19-8-4-14-24-16-19/h1-4,6-8,10-14,16,21H,5,9,15H2,(H,25,27)/t21-/m1/s1. The summed E-state index contributed by atoms with van der Waals surface area (Å²) in [6.45, 7) is 0.741. The highest BCUT2D eigenvalue weighted by atomic mass is 16.2. The van der Waals surface area contributed by atoms with Gasteiger partial charge in [-0.15, -0.1) is 0 Å². The average Bonchev–Trinajstić information content (AvgIpc) is 3.25. The Morgan fingerprint density at radius 1 is 0.929 bits per heavy atom. The van der Waals surface area contributed by atoms with Gasteiger partial charge in [-0.05, 0) is 60.9 Å². The van der Waals surface area contributed by atoms with Crippen LogP contribution in [-0.4, -0.2) is 28.2 Å². The summed E-state index contributed by atoms with van der Waals surface area (Å²) in [5, 5.41) is 2.86. The van der Waals surface area contributed by atoms with E-state index in [0.29, 0.717) is 16.8 Å². The maximum atomic E-state index is 13.0. The number of carbonyl (C=O) groups excluding carboxylic acids is 2. The van der Waals surface area contributed by atoms with Crippen molar-refractivity contribution in [2.45, 2.75) is 18.9 Å². The number of benzene rings is 2. The number of hydrogen-bond acceptors (Lipinski definition) is 3. The number of pyridine rings is 1. The van der Waals surface area contributed by atoms with E-state index in [2.05, 4.69) is 10.3 Å². The number of anilines is 1. The third-order valence-electron chi connectivity index (χ3n) is 5.01. The first kappa shape index (κ1) is 17.9. The maximum absolute atomic E-state index is 13.0.